The first-order valence-corrected chi connectivity index (χ1v) is 8.44. The molecule has 0 spiro atoms. The number of rotatable bonds is 7. The molecule has 0 aromatic heterocycles. The number of nitrogens with zero attached hydrogens (tertiary/aromatic N) is 1. The molecular formula is C14H30N2S. The second-order valence-electron chi connectivity index (χ2n) is 5.46. The second kappa shape index (κ2) is 8.39. The van der Waals surface area contributed by atoms with Crippen LogP contribution in [0.2, 0.25) is 0 Å². The summed E-state index contributed by atoms with van der Waals surface area (Å²) in [5.74, 6) is 0.805. The van der Waals surface area contributed by atoms with Gasteiger partial charge in [-0.15, -0.1) is 0 Å². The van der Waals surface area contributed by atoms with Gasteiger partial charge >= 0.3 is 0 Å². The van der Waals surface area contributed by atoms with E-state index in [9.17, 15) is 0 Å². The van der Waals surface area contributed by atoms with E-state index >= 15 is 0 Å². The first-order chi connectivity index (χ1) is 8.17. The van der Waals surface area contributed by atoms with Crippen LogP contribution in [-0.2, 0) is 0 Å². The lowest BCUT2D eigenvalue weighted by Gasteiger charge is -2.37. The Hall–Kier alpha value is 0.270. The highest BCUT2D eigenvalue weighted by Gasteiger charge is 2.25. The SMILES string of the molecule is CCCNC1CCN(CCC(C)SC)CC1C. The van der Waals surface area contributed by atoms with Crippen molar-refractivity contribution in [2.24, 2.45) is 5.92 Å². The van der Waals surface area contributed by atoms with Crippen LogP contribution in [0.5, 0.6) is 0 Å². The molecule has 1 heterocycles. The molecule has 0 aromatic carbocycles. The third-order valence-corrected chi connectivity index (χ3v) is 4.94. The Bertz CT molecular complexity index is 199. The minimum absolute atomic E-state index is 0.754. The molecule has 0 bridgehead atoms. The van der Waals surface area contributed by atoms with Gasteiger partial charge in [0, 0.05) is 17.8 Å². The molecule has 0 radical (unpaired) electrons. The van der Waals surface area contributed by atoms with Gasteiger partial charge in [-0.25, -0.2) is 0 Å². The normalized spacial score (nSPS) is 28.2. The molecule has 0 aromatic rings. The van der Waals surface area contributed by atoms with E-state index in [2.05, 4.69) is 37.2 Å². The Kier molecular flexibility index (Phi) is 7.56. The number of hydrogen-bond acceptors (Lipinski definition) is 3. The van der Waals surface area contributed by atoms with Gasteiger partial charge in [0.15, 0.2) is 0 Å². The monoisotopic (exact) mass is 258 g/mol. The lowest BCUT2D eigenvalue weighted by Crippen LogP contribution is -2.48. The molecule has 1 fully saturated rings. The number of thioether (sulfide) groups is 1. The summed E-state index contributed by atoms with van der Waals surface area (Å²) in [5.41, 5.74) is 0. The van der Waals surface area contributed by atoms with Crippen molar-refractivity contribution >= 4 is 11.8 Å². The lowest BCUT2D eigenvalue weighted by molar-refractivity contribution is 0.146. The van der Waals surface area contributed by atoms with Gasteiger partial charge < -0.3 is 10.2 Å². The van der Waals surface area contributed by atoms with E-state index < -0.39 is 0 Å². The van der Waals surface area contributed by atoms with Crippen LogP contribution >= 0.6 is 11.8 Å². The molecule has 1 aliphatic rings. The predicted octanol–water partition coefficient (Wildman–Crippen LogP) is 2.84. The smallest absolute Gasteiger partial charge is 0.0117 e. The molecule has 0 saturated carbocycles. The summed E-state index contributed by atoms with van der Waals surface area (Å²) in [6.45, 7) is 12.0. The third-order valence-electron chi connectivity index (χ3n) is 3.90. The van der Waals surface area contributed by atoms with Gasteiger partial charge in [-0.3, -0.25) is 0 Å². The maximum atomic E-state index is 3.69. The van der Waals surface area contributed by atoms with E-state index in [0.29, 0.717) is 0 Å². The van der Waals surface area contributed by atoms with Crippen molar-refractivity contribution < 1.29 is 0 Å². The molecule has 1 saturated heterocycles. The fourth-order valence-corrected chi connectivity index (χ4v) is 2.89. The highest BCUT2D eigenvalue weighted by Crippen LogP contribution is 2.18. The predicted molar refractivity (Wildman–Crippen MR) is 79.9 cm³/mol. The zero-order chi connectivity index (χ0) is 12.7. The van der Waals surface area contributed by atoms with Crippen LogP contribution in [-0.4, -0.2) is 48.6 Å². The van der Waals surface area contributed by atoms with Crippen molar-refractivity contribution in [2.75, 3.05) is 32.4 Å². The number of likely N-dealkylation sites (tertiary alicyclic amines) is 1. The molecule has 3 heteroatoms. The minimum Gasteiger partial charge on any atom is -0.314 e. The highest BCUT2D eigenvalue weighted by atomic mass is 32.2. The lowest BCUT2D eigenvalue weighted by atomic mass is 9.93. The van der Waals surface area contributed by atoms with Gasteiger partial charge in [0.2, 0.25) is 0 Å². The maximum Gasteiger partial charge on any atom is 0.0117 e. The number of hydrogen-bond donors (Lipinski definition) is 1. The fraction of sp³-hybridized carbons (Fsp3) is 1.00. The molecule has 17 heavy (non-hydrogen) atoms. The van der Waals surface area contributed by atoms with Crippen molar-refractivity contribution in [3.05, 3.63) is 0 Å². The summed E-state index contributed by atoms with van der Waals surface area (Å²) in [6, 6.07) is 0.754. The highest BCUT2D eigenvalue weighted by molar-refractivity contribution is 7.99. The van der Waals surface area contributed by atoms with Crippen molar-refractivity contribution in [1.29, 1.82) is 0 Å². The van der Waals surface area contributed by atoms with Gasteiger partial charge in [0.05, 0.1) is 0 Å². The molecule has 3 atom stereocenters. The first kappa shape index (κ1) is 15.3. The van der Waals surface area contributed by atoms with Gasteiger partial charge in [-0.05, 0) is 51.1 Å². The molecule has 0 amide bonds. The minimum atomic E-state index is 0.754. The van der Waals surface area contributed by atoms with Crippen LogP contribution in [0.25, 0.3) is 0 Å². The topological polar surface area (TPSA) is 15.3 Å². The Morgan fingerprint density at radius 3 is 2.82 bits per heavy atom. The van der Waals surface area contributed by atoms with Crippen molar-refractivity contribution in [3.63, 3.8) is 0 Å². The zero-order valence-corrected chi connectivity index (χ0v) is 12.9. The van der Waals surface area contributed by atoms with Gasteiger partial charge in [-0.2, -0.15) is 11.8 Å². The van der Waals surface area contributed by atoms with Gasteiger partial charge in [0.1, 0.15) is 0 Å². The summed E-state index contributed by atoms with van der Waals surface area (Å²) in [4.78, 5) is 2.65. The Labute approximate surface area is 112 Å². The molecule has 102 valence electrons. The van der Waals surface area contributed by atoms with Crippen LogP contribution in [0.1, 0.15) is 40.0 Å². The molecule has 1 aliphatic heterocycles. The van der Waals surface area contributed by atoms with Crippen LogP contribution in [0.15, 0.2) is 0 Å². The van der Waals surface area contributed by atoms with Crippen molar-refractivity contribution in [3.8, 4) is 0 Å². The van der Waals surface area contributed by atoms with Gasteiger partial charge in [0.25, 0.3) is 0 Å². The Morgan fingerprint density at radius 1 is 1.47 bits per heavy atom. The third kappa shape index (κ3) is 5.62. The van der Waals surface area contributed by atoms with E-state index in [1.807, 2.05) is 11.8 Å². The summed E-state index contributed by atoms with van der Waals surface area (Å²) < 4.78 is 0. The first-order valence-electron chi connectivity index (χ1n) is 7.15. The average molecular weight is 258 g/mol. The molecule has 1 N–H and O–H groups in total. The van der Waals surface area contributed by atoms with E-state index in [-0.39, 0.29) is 0 Å². The second-order valence-corrected chi connectivity index (χ2v) is 6.74. The van der Waals surface area contributed by atoms with E-state index in [0.717, 1.165) is 17.2 Å². The van der Waals surface area contributed by atoms with Crippen LogP contribution in [0.3, 0.4) is 0 Å². The summed E-state index contributed by atoms with van der Waals surface area (Å²) in [7, 11) is 0. The van der Waals surface area contributed by atoms with Crippen molar-refractivity contribution in [1.82, 2.24) is 10.2 Å². The quantitative estimate of drug-likeness (QED) is 0.756. The zero-order valence-electron chi connectivity index (χ0n) is 12.0. The molecule has 1 rings (SSSR count). The average Bonchev–Trinajstić information content (AvgIpc) is 2.34. The van der Waals surface area contributed by atoms with E-state index in [1.54, 1.807) is 0 Å². The number of nitrogens with one attached hydrogen (secondary N) is 1. The molecule has 0 aliphatic carbocycles. The Balaban J connectivity index is 2.21. The van der Waals surface area contributed by atoms with Crippen molar-refractivity contribution in [2.45, 2.75) is 51.3 Å². The summed E-state index contributed by atoms with van der Waals surface area (Å²) in [5, 5.41) is 4.49. The largest absolute Gasteiger partial charge is 0.314 e. The maximum absolute atomic E-state index is 3.69. The van der Waals surface area contributed by atoms with Gasteiger partial charge in [-0.1, -0.05) is 20.8 Å². The number of piperidine rings is 1. The van der Waals surface area contributed by atoms with Crippen LogP contribution in [0.4, 0.5) is 0 Å². The molecule has 3 unspecified atom stereocenters. The van der Waals surface area contributed by atoms with E-state index in [4.69, 9.17) is 0 Å². The standard InChI is InChI=1S/C14H30N2S/c1-5-8-15-14-7-10-16(11-12(14)2)9-6-13(3)17-4/h12-15H,5-11H2,1-4H3. The molecule has 2 nitrogen and oxygen atoms in total. The Morgan fingerprint density at radius 2 is 2.24 bits per heavy atom. The molecular weight excluding hydrogens is 228 g/mol. The van der Waals surface area contributed by atoms with E-state index in [1.165, 1.54) is 45.4 Å². The fourth-order valence-electron chi connectivity index (χ4n) is 2.55. The van der Waals surface area contributed by atoms with Crippen LogP contribution in [0, 0.1) is 5.92 Å². The summed E-state index contributed by atoms with van der Waals surface area (Å²) in [6.07, 6.45) is 6.13. The summed E-state index contributed by atoms with van der Waals surface area (Å²) >= 11 is 1.99. The van der Waals surface area contributed by atoms with Crippen LogP contribution < -0.4 is 5.32 Å².